The predicted molar refractivity (Wildman–Crippen MR) is 105 cm³/mol. The van der Waals surface area contributed by atoms with Gasteiger partial charge in [-0.1, -0.05) is 24.7 Å². The molecule has 0 bridgehead atoms. The maximum absolute atomic E-state index is 9.36. The first-order chi connectivity index (χ1) is 12.5. The first-order valence-electron chi connectivity index (χ1n) is 9.03. The van der Waals surface area contributed by atoms with Crippen LogP contribution in [0.5, 0.6) is 5.75 Å². The number of aliphatic hydroxyl groups is 1. The van der Waals surface area contributed by atoms with E-state index in [1.807, 2.05) is 25.1 Å². The normalized spacial score (nSPS) is 13.6. The minimum Gasteiger partial charge on any atom is -0.493 e. The Hall–Kier alpha value is -1.54. The Labute approximate surface area is 159 Å². The van der Waals surface area contributed by atoms with Crippen LogP contribution in [0.2, 0.25) is 0 Å². The molecule has 1 heterocycles. The highest BCUT2D eigenvalue weighted by Gasteiger charge is 2.25. The molecule has 1 aromatic heterocycles. The lowest BCUT2D eigenvalue weighted by molar-refractivity contribution is 0.117. The molecule has 0 fully saturated rings. The number of ether oxygens (including phenoxy) is 2. The van der Waals surface area contributed by atoms with Crippen LogP contribution in [0.15, 0.2) is 18.2 Å². The van der Waals surface area contributed by atoms with Gasteiger partial charge in [-0.05, 0) is 44.0 Å². The number of aliphatic hydroxyl groups excluding tert-OH is 1. The molecule has 0 aliphatic heterocycles. The molecule has 0 aliphatic carbocycles. The van der Waals surface area contributed by atoms with Gasteiger partial charge >= 0.3 is 0 Å². The lowest BCUT2D eigenvalue weighted by Crippen LogP contribution is -2.36. The van der Waals surface area contributed by atoms with E-state index in [1.165, 1.54) is 11.3 Å². The Balaban J connectivity index is 1.91. The molecule has 3 N–H and O–H groups in total. The molecular formula is C19H29N3O3S. The fraction of sp³-hybridized carbons (Fsp3) is 0.579. The van der Waals surface area contributed by atoms with Gasteiger partial charge in [-0.25, -0.2) is 0 Å². The van der Waals surface area contributed by atoms with Crippen molar-refractivity contribution in [1.29, 1.82) is 0 Å². The Morgan fingerprint density at radius 2 is 1.96 bits per heavy atom. The number of unbranched alkanes of at least 4 members (excludes halogenated alkanes) is 1. The summed E-state index contributed by atoms with van der Waals surface area (Å²) in [7, 11) is 0. The van der Waals surface area contributed by atoms with Gasteiger partial charge in [-0.2, -0.15) is 0 Å². The quantitative estimate of drug-likeness (QED) is 0.582. The van der Waals surface area contributed by atoms with Gasteiger partial charge in [-0.15, -0.1) is 10.2 Å². The highest BCUT2D eigenvalue weighted by molar-refractivity contribution is 7.14. The minimum atomic E-state index is -0.868. The second-order valence-electron chi connectivity index (χ2n) is 6.64. The van der Waals surface area contributed by atoms with Crippen molar-refractivity contribution in [2.24, 2.45) is 5.73 Å². The molecule has 2 aromatic rings. The van der Waals surface area contributed by atoms with Crippen LogP contribution in [-0.4, -0.2) is 41.7 Å². The van der Waals surface area contributed by atoms with E-state index in [2.05, 4.69) is 17.1 Å². The van der Waals surface area contributed by atoms with Crippen LogP contribution in [0.4, 0.5) is 0 Å². The SMILES string of the molecule is CCCCOCCCOc1ccc(-c2nnc([C@@](C)(N)CO)s2)cc1C. The number of aryl methyl sites for hydroxylation is 1. The average Bonchev–Trinajstić information content (AvgIpc) is 3.13. The zero-order valence-electron chi connectivity index (χ0n) is 15.8. The number of benzene rings is 1. The molecule has 26 heavy (non-hydrogen) atoms. The second-order valence-corrected chi connectivity index (χ2v) is 7.61. The first kappa shape index (κ1) is 20.8. The molecule has 1 aromatic carbocycles. The molecule has 6 nitrogen and oxygen atoms in total. The van der Waals surface area contributed by atoms with Crippen LogP contribution in [0, 0.1) is 6.92 Å². The number of hydrogen-bond acceptors (Lipinski definition) is 7. The summed E-state index contributed by atoms with van der Waals surface area (Å²) in [4.78, 5) is 0. The van der Waals surface area contributed by atoms with Crippen LogP contribution < -0.4 is 10.5 Å². The van der Waals surface area contributed by atoms with E-state index in [9.17, 15) is 5.11 Å². The summed E-state index contributed by atoms with van der Waals surface area (Å²) in [5, 5.41) is 19.1. The van der Waals surface area contributed by atoms with Crippen LogP contribution in [0.1, 0.15) is 43.7 Å². The zero-order valence-corrected chi connectivity index (χ0v) is 16.6. The molecule has 0 saturated heterocycles. The standard InChI is InChI=1S/C19H29N3O3S/c1-4-5-9-24-10-6-11-25-16-8-7-15(12-14(16)2)17-21-22-18(26-17)19(3,20)13-23/h7-8,12,23H,4-6,9-11,13,20H2,1-3H3/t19-/m0/s1. The Morgan fingerprint density at radius 1 is 1.19 bits per heavy atom. The van der Waals surface area contributed by atoms with Gasteiger partial charge in [0.15, 0.2) is 0 Å². The van der Waals surface area contributed by atoms with Crippen molar-refractivity contribution in [3.63, 3.8) is 0 Å². The summed E-state index contributed by atoms with van der Waals surface area (Å²) >= 11 is 1.40. The van der Waals surface area contributed by atoms with Gasteiger partial charge < -0.3 is 20.3 Å². The third kappa shape index (κ3) is 5.74. The van der Waals surface area contributed by atoms with Crippen LogP contribution >= 0.6 is 11.3 Å². The van der Waals surface area contributed by atoms with E-state index in [0.29, 0.717) is 11.6 Å². The Morgan fingerprint density at radius 3 is 2.65 bits per heavy atom. The van der Waals surface area contributed by atoms with Crippen molar-refractivity contribution >= 4 is 11.3 Å². The zero-order chi connectivity index (χ0) is 19.0. The molecule has 0 amide bonds. The van der Waals surface area contributed by atoms with Crippen molar-refractivity contribution in [2.75, 3.05) is 26.4 Å². The smallest absolute Gasteiger partial charge is 0.147 e. The highest BCUT2D eigenvalue weighted by atomic mass is 32.1. The third-order valence-electron chi connectivity index (χ3n) is 4.00. The topological polar surface area (TPSA) is 90.5 Å². The van der Waals surface area contributed by atoms with E-state index in [0.717, 1.165) is 54.4 Å². The van der Waals surface area contributed by atoms with Gasteiger partial charge in [0.1, 0.15) is 15.8 Å². The molecular weight excluding hydrogens is 350 g/mol. The fourth-order valence-electron chi connectivity index (χ4n) is 2.27. The Bertz CT molecular complexity index is 688. The van der Waals surface area contributed by atoms with E-state index >= 15 is 0 Å². The van der Waals surface area contributed by atoms with Crippen molar-refractivity contribution in [3.05, 3.63) is 28.8 Å². The number of hydrogen-bond donors (Lipinski definition) is 2. The van der Waals surface area contributed by atoms with E-state index < -0.39 is 5.54 Å². The largest absolute Gasteiger partial charge is 0.493 e. The van der Waals surface area contributed by atoms with Crippen molar-refractivity contribution in [2.45, 2.75) is 45.6 Å². The van der Waals surface area contributed by atoms with Crippen LogP contribution in [0.25, 0.3) is 10.6 Å². The van der Waals surface area contributed by atoms with Crippen molar-refractivity contribution in [1.82, 2.24) is 10.2 Å². The van der Waals surface area contributed by atoms with E-state index in [1.54, 1.807) is 6.92 Å². The molecule has 7 heteroatoms. The van der Waals surface area contributed by atoms with Gasteiger partial charge in [0.2, 0.25) is 0 Å². The number of rotatable bonds is 11. The van der Waals surface area contributed by atoms with E-state index in [4.69, 9.17) is 15.2 Å². The first-order valence-corrected chi connectivity index (χ1v) is 9.85. The van der Waals surface area contributed by atoms with Gasteiger partial charge in [0.25, 0.3) is 0 Å². The summed E-state index contributed by atoms with van der Waals surface area (Å²) < 4.78 is 11.4. The summed E-state index contributed by atoms with van der Waals surface area (Å²) in [5.41, 5.74) is 7.16. The molecule has 0 spiro atoms. The molecule has 0 radical (unpaired) electrons. The third-order valence-corrected chi connectivity index (χ3v) is 5.25. The summed E-state index contributed by atoms with van der Waals surface area (Å²) in [5.74, 6) is 0.867. The average molecular weight is 380 g/mol. The number of nitrogens with two attached hydrogens (primary N) is 1. The molecule has 1 atom stereocenters. The second kappa shape index (κ2) is 9.97. The maximum Gasteiger partial charge on any atom is 0.147 e. The Kier molecular flexibility index (Phi) is 7.96. The number of nitrogens with zero attached hydrogens (tertiary/aromatic N) is 2. The maximum atomic E-state index is 9.36. The van der Waals surface area contributed by atoms with E-state index in [-0.39, 0.29) is 6.61 Å². The van der Waals surface area contributed by atoms with Gasteiger partial charge in [0, 0.05) is 25.2 Å². The van der Waals surface area contributed by atoms with Gasteiger partial charge in [0.05, 0.1) is 18.8 Å². The molecule has 144 valence electrons. The lowest BCUT2D eigenvalue weighted by atomic mass is 10.1. The molecule has 0 saturated carbocycles. The minimum absolute atomic E-state index is 0.171. The highest BCUT2D eigenvalue weighted by Crippen LogP contribution is 2.31. The van der Waals surface area contributed by atoms with Gasteiger partial charge in [-0.3, -0.25) is 0 Å². The summed E-state index contributed by atoms with van der Waals surface area (Å²) in [6.45, 7) is 7.93. The molecule has 0 aliphatic rings. The summed E-state index contributed by atoms with van der Waals surface area (Å²) in [6, 6.07) is 5.96. The monoisotopic (exact) mass is 379 g/mol. The molecule has 2 rings (SSSR count). The van der Waals surface area contributed by atoms with Crippen molar-refractivity contribution in [3.8, 4) is 16.3 Å². The van der Waals surface area contributed by atoms with Crippen LogP contribution in [-0.2, 0) is 10.3 Å². The lowest BCUT2D eigenvalue weighted by Gasteiger charge is -2.16. The van der Waals surface area contributed by atoms with Crippen molar-refractivity contribution < 1.29 is 14.6 Å². The number of aromatic nitrogens is 2. The fourth-order valence-corrected chi connectivity index (χ4v) is 3.16. The van der Waals surface area contributed by atoms with Crippen LogP contribution in [0.3, 0.4) is 0 Å². The predicted octanol–water partition coefficient (Wildman–Crippen LogP) is 3.27. The molecule has 0 unspecified atom stereocenters. The summed E-state index contributed by atoms with van der Waals surface area (Å²) in [6.07, 6.45) is 3.14.